The van der Waals surface area contributed by atoms with Gasteiger partial charge in [-0.2, -0.15) is 0 Å². The van der Waals surface area contributed by atoms with Gasteiger partial charge in [0.05, 0.1) is 0 Å². The van der Waals surface area contributed by atoms with Crippen LogP contribution in [-0.2, 0) is 4.79 Å². The van der Waals surface area contributed by atoms with E-state index in [0.29, 0.717) is 6.42 Å². The van der Waals surface area contributed by atoms with Crippen molar-refractivity contribution < 1.29 is 4.79 Å². The van der Waals surface area contributed by atoms with E-state index >= 15 is 0 Å². The van der Waals surface area contributed by atoms with Gasteiger partial charge in [0.15, 0.2) is 0 Å². The molecule has 0 aliphatic carbocycles. The van der Waals surface area contributed by atoms with E-state index in [0.717, 1.165) is 12.8 Å². The minimum absolute atomic E-state index is 0.163. The summed E-state index contributed by atoms with van der Waals surface area (Å²) in [5.74, 6) is 0.230. The first-order valence-electron chi connectivity index (χ1n) is 4.59. The predicted molar refractivity (Wildman–Crippen MR) is 52.0 cm³/mol. The lowest BCUT2D eigenvalue weighted by Gasteiger charge is -2.24. The average Bonchev–Trinajstić information content (AvgIpc) is 1.85. The van der Waals surface area contributed by atoms with Gasteiger partial charge in [-0.3, -0.25) is 4.79 Å². The Bertz CT molecular complexity index is 150. The highest BCUT2D eigenvalue weighted by Crippen LogP contribution is 2.26. The largest absolute Gasteiger partial charge is 0.349 e. The molecule has 1 amide bonds. The Kier molecular flexibility index (Phi) is 4.29. The first-order valence-corrected chi connectivity index (χ1v) is 4.59. The number of rotatable bonds is 4. The highest BCUT2D eigenvalue weighted by Gasteiger charge is 2.21. The van der Waals surface area contributed by atoms with Gasteiger partial charge in [0.1, 0.15) is 0 Å². The maximum atomic E-state index is 11.4. The quantitative estimate of drug-likeness (QED) is 0.635. The van der Waals surface area contributed by atoms with Crippen LogP contribution in [0.15, 0.2) is 0 Å². The molecule has 12 heavy (non-hydrogen) atoms. The minimum atomic E-state index is 0.163. The second-order valence-electron chi connectivity index (χ2n) is 4.38. The standard InChI is InChI=1S/C10H21NO/c1-6-7-10(2,3)8-9(12)11(4)5/h6-8H2,1-5H3. The minimum Gasteiger partial charge on any atom is -0.349 e. The molecule has 0 unspecified atom stereocenters. The van der Waals surface area contributed by atoms with Crippen LogP contribution in [0.4, 0.5) is 0 Å². The zero-order chi connectivity index (χ0) is 9.78. The second-order valence-corrected chi connectivity index (χ2v) is 4.38. The van der Waals surface area contributed by atoms with Gasteiger partial charge in [-0.25, -0.2) is 0 Å². The summed E-state index contributed by atoms with van der Waals surface area (Å²) in [6.07, 6.45) is 2.92. The Labute approximate surface area is 75.9 Å². The van der Waals surface area contributed by atoms with Gasteiger partial charge in [-0.1, -0.05) is 27.2 Å². The summed E-state index contributed by atoms with van der Waals surface area (Å²) in [6, 6.07) is 0. The molecule has 0 saturated heterocycles. The average molecular weight is 171 g/mol. The summed E-state index contributed by atoms with van der Waals surface area (Å²) < 4.78 is 0. The topological polar surface area (TPSA) is 20.3 Å². The van der Waals surface area contributed by atoms with Crippen LogP contribution >= 0.6 is 0 Å². The fraction of sp³-hybridized carbons (Fsp3) is 0.900. The molecule has 0 aliphatic rings. The molecule has 0 N–H and O–H groups in total. The van der Waals surface area contributed by atoms with E-state index in [1.165, 1.54) is 0 Å². The second kappa shape index (κ2) is 4.48. The van der Waals surface area contributed by atoms with E-state index in [1.807, 2.05) is 14.1 Å². The number of carbonyl (C=O) groups excluding carboxylic acids is 1. The first kappa shape index (κ1) is 11.5. The molecule has 0 aromatic rings. The van der Waals surface area contributed by atoms with Crippen molar-refractivity contribution in [2.45, 2.75) is 40.0 Å². The van der Waals surface area contributed by atoms with E-state index in [4.69, 9.17) is 0 Å². The van der Waals surface area contributed by atoms with Crippen LogP contribution in [0.2, 0.25) is 0 Å². The molecule has 0 atom stereocenters. The zero-order valence-corrected chi connectivity index (χ0v) is 8.98. The molecule has 0 heterocycles. The lowest BCUT2D eigenvalue weighted by Crippen LogP contribution is -2.27. The van der Waals surface area contributed by atoms with Crippen molar-refractivity contribution in [3.05, 3.63) is 0 Å². The lowest BCUT2D eigenvalue weighted by atomic mass is 9.84. The Morgan fingerprint density at radius 3 is 2.17 bits per heavy atom. The van der Waals surface area contributed by atoms with Crippen molar-refractivity contribution in [3.8, 4) is 0 Å². The number of hydrogen-bond acceptors (Lipinski definition) is 1. The van der Waals surface area contributed by atoms with Gasteiger partial charge in [-0.15, -0.1) is 0 Å². The molecule has 0 aliphatic heterocycles. The normalized spacial score (nSPS) is 11.4. The molecule has 0 aromatic carbocycles. The van der Waals surface area contributed by atoms with Gasteiger partial charge in [0.2, 0.25) is 5.91 Å². The van der Waals surface area contributed by atoms with E-state index < -0.39 is 0 Å². The first-order chi connectivity index (χ1) is 5.39. The maximum absolute atomic E-state index is 11.4. The Morgan fingerprint density at radius 2 is 1.83 bits per heavy atom. The molecule has 0 fully saturated rings. The van der Waals surface area contributed by atoms with Gasteiger partial charge in [0.25, 0.3) is 0 Å². The lowest BCUT2D eigenvalue weighted by molar-refractivity contribution is -0.130. The van der Waals surface area contributed by atoms with Crippen molar-refractivity contribution in [2.75, 3.05) is 14.1 Å². The van der Waals surface area contributed by atoms with Gasteiger partial charge < -0.3 is 4.90 Å². The van der Waals surface area contributed by atoms with Crippen molar-refractivity contribution in [1.29, 1.82) is 0 Å². The SMILES string of the molecule is CCCC(C)(C)CC(=O)N(C)C. The molecule has 72 valence electrons. The van der Waals surface area contributed by atoms with Crippen LogP contribution < -0.4 is 0 Å². The van der Waals surface area contributed by atoms with Crippen molar-refractivity contribution in [2.24, 2.45) is 5.41 Å². The number of hydrogen-bond donors (Lipinski definition) is 0. The summed E-state index contributed by atoms with van der Waals surface area (Å²) in [5, 5.41) is 0. The van der Waals surface area contributed by atoms with E-state index in [9.17, 15) is 4.79 Å². The van der Waals surface area contributed by atoms with Crippen LogP contribution in [0, 0.1) is 5.41 Å². The van der Waals surface area contributed by atoms with E-state index in [2.05, 4.69) is 20.8 Å². The van der Waals surface area contributed by atoms with Crippen LogP contribution in [0.3, 0.4) is 0 Å². The molecule has 0 rings (SSSR count). The summed E-state index contributed by atoms with van der Waals surface area (Å²) in [4.78, 5) is 13.0. The highest BCUT2D eigenvalue weighted by molar-refractivity contribution is 5.76. The molecular weight excluding hydrogens is 150 g/mol. The third-order valence-corrected chi connectivity index (χ3v) is 2.06. The monoisotopic (exact) mass is 171 g/mol. The Hall–Kier alpha value is -0.530. The molecule has 0 aromatic heterocycles. The molecular formula is C10H21NO. The van der Waals surface area contributed by atoms with Crippen LogP contribution in [-0.4, -0.2) is 24.9 Å². The summed E-state index contributed by atoms with van der Waals surface area (Å²) in [6.45, 7) is 6.46. The number of nitrogens with zero attached hydrogens (tertiary/aromatic N) is 1. The smallest absolute Gasteiger partial charge is 0.222 e. The molecule has 2 nitrogen and oxygen atoms in total. The van der Waals surface area contributed by atoms with Gasteiger partial charge in [-0.05, 0) is 11.8 Å². The summed E-state index contributed by atoms with van der Waals surface area (Å²) in [7, 11) is 3.62. The molecule has 0 radical (unpaired) electrons. The zero-order valence-electron chi connectivity index (χ0n) is 8.98. The van der Waals surface area contributed by atoms with Gasteiger partial charge >= 0.3 is 0 Å². The fourth-order valence-electron chi connectivity index (χ4n) is 1.33. The third-order valence-electron chi connectivity index (χ3n) is 2.06. The van der Waals surface area contributed by atoms with Crippen molar-refractivity contribution >= 4 is 5.91 Å². The van der Waals surface area contributed by atoms with Crippen molar-refractivity contribution in [3.63, 3.8) is 0 Å². The van der Waals surface area contributed by atoms with E-state index in [-0.39, 0.29) is 11.3 Å². The summed E-state index contributed by atoms with van der Waals surface area (Å²) in [5.41, 5.74) is 0.163. The third kappa shape index (κ3) is 4.37. The van der Waals surface area contributed by atoms with E-state index in [1.54, 1.807) is 4.90 Å². The van der Waals surface area contributed by atoms with Crippen LogP contribution in [0.25, 0.3) is 0 Å². The number of carbonyl (C=O) groups is 1. The highest BCUT2D eigenvalue weighted by atomic mass is 16.2. The summed E-state index contributed by atoms with van der Waals surface area (Å²) >= 11 is 0. The Morgan fingerprint density at radius 1 is 1.33 bits per heavy atom. The van der Waals surface area contributed by atoms with Crippen LogP contribution in [0.5, 0.6) is 0 Å². The molecule has 2 heteroatoms. The van der Waals surface area contributed by atoms with Crippen LogP contribution in [0.1, 0.15) is 40.0 Å². The Balaban J connectivity index is 3.96. The van der Waals surface area contributed by atoms with Crippen molar-refractivity contribution in [1.82, 2.24) is 4.90 Å². The predicted octanol–water partition coefficient (Wildman–Crippen LogP) is 2.29. The molecule has 0 spiro atoms. The van der Waals surface area contributed by atoms with Gasteiger partial charge in [0, 0.05) is 20.5 Å². The maximum Gasteiger partial charge on any atom is 0.222 e. The fourth-order valence-corrected chi connectivity index (χ4v) is 1.33. The molecule has 0 saturated carbocycles. The molecule has 0 bridgehead atoms. The number of amides is 1.